The number of carbonyl (C=O) groups is 2. The number of ketones is 1. The molecule has 0 bridgehead atoms. The third-order valence-electron chi connectivity index (χ3n) is 5.99. The summed E-state index contributed by atoms with van der Waals surface area (Å²) in [6, 6.07) is 21.8. The molecular weight excluding hydrogens is 460 g/mol. The summed E-state index contributed by atoms with van der Waals surface area (Å²) in [6.07, 6.45) is 1.86. The van der Waals surface area contributed by atoms with E-state index in [1.807, 2.05) is 43.3 Å². The van der Waals surface area contributed by atoms with Crippen molar-refractivity contribution in [3.8, 4) is 5.75 Å². The number of nitrogens with zero attached hydrogens (tertiary/aromatic N) is 2. The van der Waals surface area contributed by atoms with Crippen LogP contribution in [0.5, 0.6) is 5.75 Å². The molecule has 7 heteroatoms. The largest absolute Gasteiger partial charge is 0.492 e. The second-order valence-corrected chi connectivity index (χ2v) is 9.36. The van der Waals surface area contributed by atoms with E-state index < -0.39 is 0 Å². The molecule has 178 valence electrons. The van der Waals surface area contributed by atoms with Crippen LogP contribution in [0.4, 0.5) is 5.13 Å². The Bertz CT molecular complexity index is 1330. The molecule has 4 aromatic rings. The lowest BCUT2D eigenvalue weighted by molar-refractivity contribution is 0.0917. The molecule has 0 saturated carbocycles. The van der Waals surface area contributed by atoms with E-state index in [0.29, 0.717) is 47.3 Å². The molecule has 1 saturated heterocycles. The van der Waals surface area contributed by atoms with Crippen LogP contribution in [0.2, 0.25) is 0 Å². The normalized spacial score (nSPS) is 15.3. The van der Waals surface area contributed by atoms with Gasteiger partial charge in [-0.05, 0) is 44.0 Å². The predicted octanol–water partition coefficient (Wildman–Crippen LogP) is 5.75. The number of anilines is 1. The standard InChI is InChI=1S/C28H26N2O4S/c1-2-33-23-11-6-12-24-25(23)29-28(35-24)30(18-22-10-7-17-34-22)27(32)21-15-13-20(14-16-21)26(31)19-8-4-3-5-9-19/h3-6,8-9,11-16,22H,2,7,10,17-18H2,1H3. The van der Waals surface area contributed by atoms with Crippen molar-refractivity contribution in [1.82, 2.24) is 4.98 Å². The molecule has 3 aromatic carbocycles. The van der Waals surface area contributed by atoms with Crippen molar-refractivity contribution in [2.75, 3.05) is 24.7 Å². The maximum atomic E-state index is 13.7. The number of para-hydroxylation sites is 1. The predicted molar refractivity (Wildman–Crippen MR) is 138 cm³/mol. The fourth-order valence-electron chi connectivity index (χ4n) is 4.22. The Morgan fingerprint density at radius 1 is 1.00 bits per heavy atom. The molecule has 2 heterocycles. The van der Waals surface area contributed by atoms with Gasteiger partial charge in [0.05, 0.1) is 24.0 Å². The van der Waals surface area contributed by atoms with Gasteiger partial charge in [0.25, 0.3) is 5.91 Å². The van der Waals surface area contributed by atoms with Gasteiger partial charge in [-0.25, -0.2) is 4.98 Å². The van der Waals surface area contributed by atoms with Crippen molar-refractivity contribution in [1.29, 1.82) is 0 Å². The summed E-state index contributed by atoms with van der Waals surface area (Å²) in [7, 11) is 0. The van der Waals surface area contributed by atoms with Gasteiger partial charge in [-0.3, -0.25) is 14.5 Å². The zero-order chi connectivity index (χ0) is 24.2. The van der Waals surface area contributed by atoms with Crippen LogP contribution in [-0.2, 0) is 4.74 Å². The summed E-state index contributed by atoms with van der Waals surface area (Å²) >= 11 is 1.46. The van der Waals surface area contributed by atoms with Gasteiger partial charge < -0.3 is 9.47 Å². The van der Waals surface area contributed by atoms with Gasteiger partial charge in [0, 0.05) is 23.3 Å². The van der Waals surface area contributed by atoms with Crippen LogP contribution in [0.25, 0.3) is 10.2 Å². The second kappa shape index (κ2) is 10.4. The number of hydrogen-bond donors (Lipinski definition) is 0. The number of hydrogen-bond acceptors (Lipinski definition) is 6. The van der Waals surface area contributed by atoms with Crippen molar-refractivity contribution in [3.63, 3.8) is 0 Å². The van der Waals surface area contributed by atoms with Crippen LogP contribution in [0.15, 0.2) is 72.8 Å². The lowest BCUT2D eigenvalue weighted by atomic mass is 10.0. The van der Waals surface area contributed by atoms with E-state index in [9.17, 15) is 9.59 Å². The van der Waals surface area contributed by atoms with Crippen molar-refractivity contribution >= 4 is 38.4 Å². The van der Waals surface area contributed by atoms with Crippen molar-refractivity contribution in [3.05, 3.63) is 89.5 Å². The maximum absolute atomic E-state index is 13.7. The minimum absolute atomic E-state index is 0.0312. The summed E-state index contributed by atoms with van der Waals surface area (Å²) in [5.74, 6) is 0.465. The van der Waals surface area contributed by atoms with E-state index in [1.165, 1.54) is 11.3 Å². The molecule has 5 rings (SSSR count). The average Bonchev–Trinajstić information content (AvgIpc) is 3.58. The van der Waals surface area contributed by atoms with Crippen LogP contribution in [0.3, 0.4) is 0 Å². The highest BCUT2D eigenvalue weighted by Crippen LogP contribution is 2.35. The van der Waals surface area contributed by atoms with Crippen LogP contribution < -0.4 is 9.64 Å². The van der Waals surface area contributed by atoms with Gasteiger partial charge in [0.1, 0.15) is 11.3 Å². The number of aromatic nitrogens is 1. The summed E-state index contributed by atoms with van der Waals surface area (Å²) in [4.78, 5) is 33.0. The first-order valence-corrected chi connectivity index (χ1v) is 12.6. The summed E-state index contributed by atoms with van der Waals surface area (Å²) in [5, 5.41) is 0.608. The molecule has 0 spiro atoms. The number of thiazole rings is 1. The number of fused-ring (bicyclic) bond motifs is 1. The molecule has 0 N–H and O–H groups in total. The zero-order valence-corrected chi connectivity index (χ0v) is 20.3. The minimum atomic E-state index is -0.170. The topological polar surface area (TPSA) is 68.7 Å². The SMILES string of the molecule is CCOc1cccc2sc(N(CC3CCCO3)C(=O)c3ccc(C(=O)c4ccccc4)cc3)nc12. The third-order valence-corrected chi connectivity index (χ3v) is 7.03. The van der Waals surface area contributed by atoms with Gasteiger partial charge in [-0.1, -0.05) is 59.9 Å². The van der Waals surface area contributed by atoms with Crippen LogP contribution in [0, 0.1) is 0 Å². The Hall–Kier alpha value is -3.55. The molecule has 1 fully saturated rings. The number of ether oxygens (including phenoxy) is 2. The summed E-state index contributed by atoms with van der Waals surface area (Å²) < 4.78 is 12.5. The van der Waals surface area contributed by atoms with E-state index in [0.717, 1.165) is 23.1 Å². The molecule has 35 heavy (non-hydrogen) atoms. The quantitative estimate of drug-likeness (QED) is 0.297. The van der Waals surface area contributed by atoms with Gasteiger partial charge >= 0.3 is 0 Å². The number of benzene rings is 3. The van der Waals surface area contributed by atoms with Gasteiger partial charge in [-0.2, -0.15) is 0 Å². The Kier molecular flexibility index (Phi) is 6.88. The Morgan fingerprint density at radius 2 is 1.74 bits per heavy atom. The van der Waals surface area contributed by atoms with Gasteiger partial charge in [0.15, 0.2) is 10.9 Å². The molecular formula is C28H26N2O4S. The maximum Gasteiger partial charge on any atom is 0.260 e. The van der Waals surface area contributed by atoms with E-state index in [-0.39, 0.29) is 17.8 Å². The van der Waals surface area contributed by atoms with E-state index in [4.69, 9.17) is 14.5 Å². The first kappa shape index (κ1) is 23.2. The highest BCUT2D eigenvalue weighted by molar-refractivity contribution is 7.22. The molecule has 1 aromatic heterocycles. The monoisotopic (exact) mass is 486 g/mol. The molecule has 1 unspecified atom stereocenters. The highest BCUT2D eigenvalue weighted by atomic mass is 32.1. The second-order valence-electron chi connectivity index (χ2n) is 8.36. The van der Waals surface area contributed by atoms with Crippen LogP contribution in [-0.4, -0.2) is 42.5 Å². The molecule has 0 radical (unpaired) electrons. The summed E-state index contributed by atoms with van der Waals surface area (Å²) in [6.45, 7) is 3.61. The lowest BCUT2D eigenvalue weighted by Crippen LogP contribution is -2.37. The first-order valence-electron chi connectivity index (χ1n) is 11.8. The number of carbonyl (C=O) groups excluding carboxylic acids is 2. The molecule has 1 aliphatic heterocycles. The molecule has 1 amide bonds. The van der Waals surface area contributed by atoms with Crippen LogP contribution >= 0.6 is 11.3 Å². The van der Waals surface area contributed by atoms with E-state index in [1.54, 1.807) is 41.3 Å². The number of amides is 1. The number of rotatable bonds is 8. The minimum Gasteiger partial charge on any atom is -0.492 e. The molecule has 6 nitrogen and oxygen atoms in total. The Balaban J connectivity index is 1.45. The van der Waals surface area contributed by atoms with Gasteiger partial charge in [0.2, 0.25) is 0 Å². The zero-order valence-electron chi connectivity index (χ0n) is 19.5. The molecule has 1 atom stereocenters. The average molecular weight is 487 g/mol. The van der Waals surface area contributed by atoms with Crippen molar-refractivity contribution < 1.29 is 19.1 Å². The van der Waals surface area contributed by atoms with Gasteiger partial charge in [-0.15, -0.1) is 0 Å². The third kappa shape index (κ3) is 4.97. The van der Waals surface area contributed by atoms with E-state index >= 15 is 0 Å². The van der Waals surface area contributed by atoms with Crippen molar-refractivity contribution in [2.24, 2.45) is 0 Å². The lowest BCUT2D eigenvalue weighted by Gasteiger charge is -2.23. The highest BCUT2D eigenvalue weighted by Gasteiger charge is 2.27. The molecule has 0 aliphatic carbocycles. The fraction of sp³-hybridized carbons (Fsp3) is 0.250. The van der Waals surface area contributed by atoms with Crippen molar-refractivity contribution in [2.45, 2.75) is 25.9 Å². The smallest absolute Gasteiger partial charge is 0.260 e. The van der Waals surface area contributed by atoms with Crippen LogP contribution in [0.1, 0.15) is 46.0 Å². The summed E-state index contributed by atoms with van der Waals surface area (Å²) in [5.41, 5.74) is 2.41. The Labute approximate surface area is 208 Å². The Morgan fingerprint density at radius 3 is 2.46 bits per heavy atom. The first-order chi connectivity index (χ1) is 17.1. The van der Waals surface area contributed by atoms with E-state index in [2.05, 4.69) is 0 Å². The fourth-order valence-corrected chi connectivity index (χ4v) is 5.21. The molecule has 1 aliphatic rings.